The summed E-state index contributed by atoms with van der Waals surface area (Å²) in [4.78, 5) is 16.0. The van der Waals surface area contributed by atoms with Gasteiger partial charge in [0.05, 0.1) is 24.7 Å². The maximum atomic E-state index is 11.7. The van der Waals surface area contributed by atoms with Gasteiger partial charge in [-0.25, -0.2) is 9.78 Å². The van der Waals surface area contributed by atoms with E-state index in [1.54, 1.807) is 58.2 Å². The SMILES string of the molecule is COc1ccc(Cl)cc1Nc1ccc(NC(=O)OC(C)(C)C)cn1. The van der Waals surface area contributed by atoms with Crippen LogP contribution in [0.2, 0.25) is 5.02 Å². The third kappa shape index (κ3) is 5.31. The highest BCUT2D eigenvalue weighted by Crippen LogP contribution is 2.30. The number of anilines is 3. The van der Waals surface area contributed by atoms with E-state index >= 15 is 0 Å². The van der Waals surface area contributed by atoms with Crippen molar-refractivity contribution in [1.29, 1.82) is 0 Å². The van der Waals surface area contributed by atoms with E-state index in [1.807, 2.05) is 0 Å². The van der Waals surface area contributed by atoms with Gasteiger partial charge in [0.25, 0.3) is 0 Å². The highest BCUT2D eigenvalue weighted by Gasteiger charge is 2.16. The first kappa shape index (κ1) is 17.9. The molecule has 0 fully saturated rings. The van der Waals surface area contributed by atoms with Crippen LogP contribution in [0.5, 0.6) is 5.75 Å². The van der Waals surface area contributed by atoms with Crippen LogP contribution in [0.15, 0.2) is 36.5 Å². The Hall–Kier alpha value is -2.47. The number of methoxy groups -OCH3 is 1. The molecule has 24 heavy (non-hydrogen) atoms. The zero-order chi connectivity index (χ0) is 17.7. The summed E-state index contributed by atoms with van der Waals surface area (Å²) >= 11 is 6.00. The van der Waals surface area contributed by atoms with E-state index in [2.05, 4.69) is 15.6 Å². The van der Waals surface area contributed by atoms with Crippen molar-refractivity contribution in [3.8, 4) is 5.75 Å². The molecule has 7 heteroatoms. The van der Waals surface area contributed by atoms with Gasteiger partial charge in [0.15, 0.2) is 0 Å². The average Bonchev–Trinajstić information content (AvgIpc) is 2.47. The first-order chi connectivity index (χ1) is 11.3. The number of nitrogens with zero attached hydrogens (tertiary/aromatic N) is 1. The molecule has 0 unspecified atom stereocenters. The Morgan fingerprint density at radius 1 is 1.21 bits per heavy atom. The molecule has 128 valence electrons. The van der Waals surface area contributed by atoms with Crippen molar-refractivity contribution in [2.45, 2.75) is 26.4 Å². The predicted octanol–water partition coefficient (Wildman–Crippen LogP) is 4.83. The first-order valence-electron chi connectivity index (χ1n) is 7.33. The fourth-order valence-corrected chi connectivity index (χ4v) is 2.05. The summed E-state index contributed by atoms with van der Waals surface area (Å²) in [6.07, 6.45) is 1.00. The molecule has 0 saturated heterocycles. The van der Waals surface area contributed by atoms with Gasteiger partial charge in [-0.3, -0.25) is 5.32 Å². The number of pyridine rings is 1. The van der Waals surface area contributed by atoms with Gasteiger partial charge in [0, 0.05) is 5.02 Å². The Balaban J connectivity index is 2.05. The summed E-state index contributed by atoms with van der Waals surface area (Å²) in [5, 5.41) is 6.33. The summed E-state index contributed by atoms with van der Waals surface area (Å²) in [7, 11) is 1.58. The second-order valence-corrected chi connectivity index (χ2v) is 6.47. The van der Waals surface area contributed by atoms with Crippen LogP contribution in [0.4, 0.5) is 22.0 Å². The molecule has 1 aromatic heterocycles. The topological polar surface area (TPSA) is 72.5 Å². The maximum Gasteiger partial charge on any atom is 0.412 e. The monoisotopic (exact) mass is 349 g/mol. The summed E-state index contributed by atoms with van der Waals surface area (Å²) in [6.45, 7) is 5.41. The lowest BCUT2D eigenvalue weighted by Crippen LogP contribution is -2.27. The van der Waals surface area contributed by atoms with Gasteiger partial charge in [-0.1, -0.05) is 11.6 Å². The fraction of sp³-hybridized carbons (Fsp3) is 0.294. The van der Waals surface area contributed by atoms with Gasteiger partial charge in [-0.2, -0.15) is 0 Å². The number of aromatic nitrogens is 1. The van der Waals surface area contributed by atoms with E-state index in [1.165, 1.54) is 6.20 Å². The highest BCUT2D eigenvalue weighted by atomic mass is 35.5. The molecule has 0 saturated carbocycles. The quantitative estimate of drug-likeness (QED) is 0.826. The molecular weight excluding hydrogens is 330 g/mol. The summed E-state index contributed by atoms with van der Waals surface area (Å²) in [5.41, 5.74) is 0.681. The van der Waals surface area contributed by atoms with Gasteiger partial charge in [-0.05, 0) is 51.1 Å². The van der Waals surface area contributed by atoms with E-state index in [-0.39, 0.29) is 0 Å². The van der Waals surface area contributed by atoms with Crippen molar-refractivity contribution in [3.63, 3.8) is 0 Å². The van der Waals surface area contributed by atoms with Crippen LogP contribution >= 0.6 is 11.6 Å². The third-order valence-corrected chi connectivity index (χ3v) is 3.07. The molecule has 0 spiro atoms. The zero-order valence-corrected chi connectivity index (χ0v) is 14.8. The van der Waals surface area contributed by atoms with Crippen molar-refractivity contribution >= 4 is 34.9 Å². The largest absolute Gasteiger partial charge is 0.495 e. The van der Waals surface area contributed by atoms with Crippen LogP contribution in [0.3, 0.4) is 0 Å². The van der Waals surface area contributed by atoms with Crippen LogP contribution in [0.25, 0.3) is 0 Å². The number of hydrogen-bond acceptors (Lipinski definition) is 5. The van der Waals surface area contributed by atoms with Crippen LogP contribution in [-0.4, -0.2) is 23.8 Å². The van der Waals surface area contributed by atoms with E-state index in [9.17, 15) is 4.79 Å². The molecule has 0 aliphatic carbocycles. The Morgan fingerprint density at radius 2 is 1.96 bits per heavy atom. The van der Waals surface area contributed by atoms with E-state index < -0.39 is 11.7 Å². The number of hydrogen-bond donors (Lipinski definition) is 2. The van der Waals surface area contributed by atoms with Crippen molar-refractivity contribution in [2.75, 3.05) is 17.7 Å². The first-order valence-corrected chi connectivity index (χ1v) is 7.71. The van der Waals surface area contributed by atoms with Crippen molar-refractivity contribution < 1.29 is 14.3 Å². The summed E-state index contributed by atoms with van der Waals surface area (Å²) in [6, 6.07) is 8.70. The minimum atomic E-state index is -0.553. The van der Waals surface area contributed by atoms with Crippen molar-refractivity contribution in [2.24, 2.45) is 0 Å². The molecular formula is C17H20ClN3O3. The Kier molecular flexibility index (Phi) is 5.51. The fourth-order valence-electron chi connectivity index (χ4n) is 1.88. The standard InChI is InChI=1S/C17H20ClN3O3/c1-17(2,3)24-16(22)20-12-6-8-15(19-10-12)21-13-9-11(18)5-7-14(13)23-4/h5-10H,1-4H3,(H,19,21)(H,20,22). The lowest BCUT2D eigenvalue weighted by molar-refractivity contribution is 0.0636. The highest BCUT2D eigenvalue weighted by molar-refractivity contribution is 6.31. The van der Waals surface area contributed by atoms with Crippen molar-refractivity contribution in [1.82, 2.24) is 4.98 Å². The van der Waals surface area contributed by atoms with Gasteiger partial charge >= 0.3 is 6.09 Å². The number of amides is 1. The smallest absolute Gasteiger partial charge is 0.412 e. The lowest BCUT2D eigenvalue weighted by atomic mass is 10.2. The molecule has 0 aliphatic heterocycles. The Morgan fingerprint density at radius 3 is 2.54 bits per heavy atom. The molecule has 1 heterocycles. The van der Waals surface area contributed by atoms with Crippen LogP contribution in [0.1, 0.15) is 20.8 Å². The minimum absolute atomic E-state index is 0.526. The predicted molar refractivity (Wildman–Crippen MR) is 95.4 cm³/mol. The molecule has 2 rings (SSSR count). The Labute approximate surface area is 146 Å². The number of carbonyl (C=O) groups excluding carboxylic acids is 1. The van der Waals surface area contributed by atoms with E-state index in [0.29, 0.717) is 28.0 Å². The van der Waals surface area contributed by atoms with Crippen LogP contribution < -0.4 is 15.4 Å². The second-order valence-electron chi connectivity index (χ2n) is 6.03. The van der Waals surface area contributed by atoms with Crippen molar-refractivity contribution in [3.05, 3.63) is 41.6 Å². The number of nitrogens with one attached hydrogen (secondary N) is 2. The van der Waals surface area contributed by atoms with Crippen LogP contribution in [-0.2, 0) is 4.74 Å². The lowest BCUT2D eigenvalue weighted by Gasteiger charge is -2.19. The third-order valence-electron chi connectivity index (χ3n) is 2.83. The van der Waals surface area contributed by atoms with Gasteiger partial charge in [0.1, 0.15) is 17.2 Å². The van der Waals surface area contributed by atoms with Crippen LogP contribution in [0, 0.1) is 0 Å². The van der Waals surface area contributed by atoms with E-state index in [0.717, 1.165) is 0 Å². The normalized spacial score (nSPS) is 10.9. The molecule has 0 aliphatic rings. The van der Waals surface area contributed by atoms with Gasteiger partial charge in [-0.15, -0.1) is 0 Å². The second kappa shape index (κ2) is 7.40. The molecule has 0 atom stereocenters. The van der Waals surface area contributed by atoms with Gasteiger partial charge in [0.2, 0.25) is 0 Å². The summed E-state index contributed by atoms with van der Waals surface area (Å²) < 4.78 is 10.5. The molecule has 6 nitrogen and oxygen atoms in total. The maximum absolute atomic E-state index is 11.7. The average molecular weight is 350 g/mol. The molecule has 0 bridgehead atoms. The molecule has 2 aromatic rings. The number of benzene rings is 1. The number of rotatable bonds is 4. The number of carbonyl (C=O) groups is 1. The van der Waals surface area contributed by atoms with Gasteiger partial charge < -0.3 is 14.8 Å². The number of halogens is 1. The number of ether oxygens (including phenoxy) is 2. The zero-order valence-electron chi connectivity index (χ0n) is 14.0. The molecule has 2 N–H and O–H groups in total. The van der Waals surface area contributed by atoms with E-state index in [4.69, 9.17) is 21.1 Å². The molecule has 1 aromatic carbocycles. The minimum Gasteiger partial charge on any atom is -0.495 e. The Bertz CT molecular complexity index is 712. The summed E-state index contributed by atoms with van der Waals surface area (Å²) in [5.74, 6) is 1.24. The molecule has 0 radical (unpaired) electrons. The molecule has 1 amide bonds.